The van der Waals surface area contributed by atoms with Crippen LogP contribution in [0, 0.1) is 0 Å². The number of fused-ring (bicyclic) bond motifs is 2. The molecule has 0 saturated carbocycles. The van der Waals surface area contributed by atoms with Gasteiger partial charge in [-0.3, -0.25) is 14.5 Å². The number of ether oxygens (including phenoxy) is 3. The number of amides is 1. The Balaban J connectivity index is 0.00000256. The van der Waals surface area contributed by atoms with Gasteiger partial charge >= 0.3 is 0 Å². The first-order valence-electron chi connectivity index (χ1n) is 9.63. The van der Waals surface area contributed by atoms with Crippen molar-refractivity contribution in [2.75, 3.05) is 39.2 Å². The largest absolute Gasteiger partial charge is 0.493 e. The van der Waals surface area contributed by atoms with E-state index in [0.717, 1.165) is 31.0 Å². The van der Waals surface area contributed by atoms with Gasteiger partial charge in [-0.2, -0.15) is 0 Å². The maximum atomic E-state index is 12.7. The fraction of sp³-hybridized carbons (Fsp3) is 0.364. The molecule has 2 aliphatic rings. The van der Waals surface area contributed by atoms with E-state index in [9.17, 15) is 9.59 Å². The van der Waals surface area contributed by atoms with Crippen molar-refractivity contribution in [3.05, 3.63) is 47.0 Å². The predicted octanol–water partition coefficient (Wildman–Crippen LogP) is 2.91. The SMILES string of the molecule is COc1cc2c(cc1OC)CN(CCC(=O)c1ccc3c(c1)NC(=O)CO3)CC2.[HH]. The Morgan fingerprint density at radius 1 is 1.17 bits per heavy atom. The lowest BCUT2D eigenvalue weighted by Crippen LogP contribution is -2.32. The van der Waals surface area contributed by atoms with E-state index in [2.05, 4.69) is 10.2 Å². The van der Waals surface area contributed by atoms with Crippen LogP contribution in [0.25, 0.3) is 0 Å². The molecule has 4 rings (SSSR count). The molecule has 0 unspecified atom stereocenters. The number of anilines is 1. The maximum absolute atomic E-state index is 12.7. The molecule has 7 heteroatoms. The average molecular weight is 398 g/mol. The molecule has 2 heterocycles. The minimum Gasteiger partial charge on any atom is -0.493 e. The summed E-state index contributed by atoms with van der Waals surface area (Å²) >= 11 is 0. The van der Waals surface area contributed by atoms with Crippen molar-refractivity contribution >= 4 is 17.4 Å². The topological polar surface area (TPSA) is 77.1 Å². The van der Waals surface area contributed by atoms with Gasteiger partial charge < -0.3 is 19.5 Å². The first-order chi connectivity index (χ1) is 14.1. The maximum Gasteiger partial charge on any atom is 0.262 e. The highest BCUT2D eigenvalue weighted by Crippen LogP contribution is 2.33. The summed E-state index contributed by atoms with van der Waals surface area (Å²) in [5.41, 5.74) is 3.60. The molecule has 2 aromatic rings. The third-order valence-electron chi connectivity index (χ3n) is 5.39. The molecule has 0 bridgehead atoms. The number of methoxy groups -OCH3 is 2. The van der Waals surface area contributed by atoms with Crippen LogP contribution >= 0.6 is 0 Å². The number of nitrogens with one attached hydrogen (secondary N) is 1. The Morgan fingerprint density at radius 2 is 1.93 bits per heavy atom. The molecule has 0 atom stereocenters. The van der Waals surface area contributed by atoms with Crippen LogP contribution in [0.5, 0.6) is 17.2 Å². The summed E-state index contributed by atoms with van der Waals surface area (Å²) in [4.78, 5) is 26.4. The molecule has 0 fully saturated rings. The second-order valence-corrected chi connectivity index (χ2v) is 7.22. The van der Waals surface area contributed by atoms with Crippen molar-refractivity contribution in [1.82, 2.24) is 4.90 Å². The lowest BCUT2D eigenvalue weighted by atomic mass is 9.98. The first-order valence-corrected chi connectivity index (χ1v) is 9.63. The van der Waals surface area contributed by atoms with Crippen molar-refractivity contribution in [3.8, 4) is 17.2 Å². The number of carbonyl (C=O) groups excluding carboxylic acids is 2. The minimum absolute atomic E-state index is 0. The van der Waals surface area contributed by atoms with E-state index < -0.39 is 0 Å². The van der Waals surface area contributed by atoms with E-state index in [1.165, 1.54) is 11.1 Å². The number of Topliss-reactive ketones (excluding diaryl/α,β-unsaturated/α-hetero) is 1. The Hall–Kier alpha value is -3.06. The van der Waals surface area contributed by atoms with E-state index >= 15 is 0 Å². The number of hydrogen-bond donors (Lipinski definition) is 1. The highest BCUT2D eigenvalue weighted by molar-refractivity contribution is 6.00. The summed E-state index contributed by atoms with van der Waals surface area (Å²) in [7, 11) is 3.28. The molecule has 2 aliphatic heterocycles. The normalized spacial score (nSPS) is 15.6. The zero-order chi connectivity index (χ0) is 20.4. The number of rotatable bonds is 6. The van der Waals surface area contributed by atoms with Gasteiger partial charge in [0.25, 0.3) is 5.91 Å². The smallest absolute Gasteiger partial charge is 0.262 e. The summed E-state index contributed by atoms with van der Waals surface area (Å²) in [6, 6.07) is 9.24. The molecule has 1 amide bonds. The molecule has 0 saturated heterocycles. The van der Waals surface area contributed by atoms with Crippen LogP contribution in [0.4, 0.5) is 5.69 Å². The molecule has 1 N–H and O–H groups in total. The Labute approximate surface area is 171 Å². The zero-order valence-electron chi connectivity index (χ0n) is 16.6. The average Bonchev–Trinajstić information content (AvgIpc) is 2.75. The minimum atomic E-state index is -0.207. The summed E-state index contributed by atoms with van der Waals surface area (Å²) in [5.74, 6) is 1.91. The third kappa shape index (κ3) is 4.05. The van der Waals surface area contributed by atoms with Crippen molar-refractivity contribution in [3.63, 3.8) is 0 Å². The quantitative estimate of drug-likeness (QED) is 0.754. The second-order valence-electron chi connectivity index (χ2n) is 7.22. The fourth-order valence-corrected chi connectivity index (χ4v) is 3.79. The van der Waals surface area contributed by atoms with Crippen LogP contribution in [0.2, 0.25) is 0 Å². The van der Waals surface area contributed by atoms with Crippen LogP contribution in [-0.4, -0.2) is 50.5 Å². The first kappa shape index (κ1) is 19.3. The van der Waals surface area contributed by atoms with Crippen molar-refractivity contribution in [1.29, 1.82) is 0 Å². The van der Waals surface area contributed by atoms with Crippen LogP contribution < -0.4 is 19.5 Å². The van der Waals surface area contributed by atoms with Crippen LogP contribution in [0.15, 0.2) is 30.3 Å². The lowest BCUT2D eigenvalue weighted by molar-refractivity contribution is -0.118. The van der Waals surface area contributed by atoms with E-state index in [0.29, 0.717) is 30.0 Å². The van der Waals surface area contributed by atoms with Crippen LogP contribution in [-0.2, 0) is 17.8 Å². The monoisotopic (exact) mass is 398 g/mol. The van der Waals surface area contributed by atoms with Gasteiger partial charge in [0.05, 0.1) is 19.9 Å². The lowest BCUT2D eigenvalue weighted by Gasteiger charge is -2.29. The van der Waals surface area contributed by atoms with Gasteiger partial charge in [-0.05, 0) is 47.9 Å². The number of carbonyl (C=O) groups is 2. The van der Waals surface area contributed by atoms with Gasteiger partial charge in [0.2, 0.25) is 0 Å². The summed E-state index contributed by atoms with van der Waals surface area (Å²) in [6.07, 6.45) is 1.32. The Kier molecular flexibility index (Phi) is 5.40. The van der Waals surface area contributed by atoms with E-state index in [1.54, 1.807) is 32.4 Å². The molecule has 7 nitrogen and oxygen atoms in total. The third-order valence-corrected chi connectivity index (χ3v) is 5.39. The van der Waals surface area contributed by atoms with E-state index in [4.69, 9.17) is 14.2 Å². The van der Waals surface area contributed by atoms with Gasteiger partial charge in [0.15, 0.2) is 23.9 Å². The second kappa shape index (κ2) is 8.13. The van der Waals surface area contributed by atoms with Gasteiger partial charge in [-0.1, -0.05) is 0 Å². The molecule has 0 aliphatic carbocycles. The van der Waals surface area contributed by atoms with Gasteiger partial charge in [0.1, 0.15) is 5.75 Å². The molecule has 154 valence electrons. The molecule has 0 radical (unpaired) electrons. The van der Waals surface area contributed by atoms with Crippen LogP contribution in [0.3, 0.4) is 0 Å². The van der Waals surface area contributed by atoms with Crippen molar-refractivity contribution in [2.24, 2.45) is 0 Å². The predicted molar refractivity (Wildman–Crippen MR) is 110 cm³/mol. The highest BCUT2D eigenvalue weighted by Gasteiger charge is 2.21. The van der Waals surface area contributed by atoms with Crippen molar-refractivity contribution in [2.45, 2.75) is 19.4 Å². The summed E-state index contributed by atoms with van der Waals surface area (Å²) in [5, 5.41) is 2.74. The van der Waals surface area contributed by atoms with E-state index in [1.807, 2.05) is 12.1 Å². The number of benzene rings is 2. The Bertz CT molecular complexity index is 963. The van der Waals surface area contributed by atoms with Gasteiger partial charge in [0, 0.05) is 33.0 Å². The summed E-state index contributed by atoms with van der Waals surface area (Å²) < 4.78 is 16.1. The van der Waals surface area contributed by atoms with Gasteiger partial charge in [-0.25, -0.2) is 0 Å². The molecular weight excluding hydrogens is 372 g/mol. The molecule has 0 aromatic heterocycles. The fourth-order valence-electron chi connectivity index (χ4n) is 3.79. The standard InChI is InChI=1S/C22H24N2O5.H2/c1-27-20-10-14-5-7-24(12-16(14)11-21(20)28-2)8-6-18(25)15-3-4-19-17(9-15)23-22(26)13-29-19;/h3-4,9-11H,5-8,12-13H2,1-2H3,(H,23,26);1H. The molecule has 0 spiro atoms. The number of nitrogens with zero attached hydrogens (tertiary/aromatic N) is 1. The van der Waals surface area contributed by atoms with E-state index in [-0.39, 0.29) is 19.7 Å². The highest BCUT2D eigenvalue weighted by atomic mass is 16.5. The van der Waals surface area contributed by atoms with Crippen LogP contribution in [0.1, 0.15) is 29.3 Å². The number of hydrogen-bond acceptors (Lipinski definition) is 6. The molecule has 2 aromatic carbocycles. The van der Waals surface area contributed by atoms with Crippen molar-refractivity contribution < 1.29 is 25.2 Å². The summed E-state index contributed by atoms with van der Waals surface area (Å²) in [6.45, 7) is 2.35. The zero-order valence-corrected chi connectivity index (χ0v) is 16.6. The molecular formula is C22H26N2O5. The Morgan fingerprint density at radius 3 is 2.69 bits per heavy atom. The molecule has 29 heavy (non-hydrogen) atoms. The van der Waals surface area contributed by atoms with Gasteiger partial charge in [-0.15, -0.1) is 0 Å². The number of ketones is 1.